The van der Waals surface area contributed by atoms with E-state index in [-0.39, 0.29) is 121 Å². The van der Waals surface area contributed by atoms with Crippen molar-refractivity contribution in [3.05, 3.63) is 83.6 Å². The van der Waals surface area contributed by atoms with Gasteiger partial charge in [-0.1, -0.05) is 36.4 Å². The monoisotopic (exact) mass is 777 g/mol. The molecule has 0 amide bonds. The van der Waals surface area contributed by atoms with E-state index in [1.807, 2.05) is 0 Å². The summed E-state index contributed by atoms with van der Waals surface area (Å²) in [5, 5.41) is 53.3. The summed E-state index contributed by atoms with van der Waals surface area (Å²) in [6.07, 6.45) is 0.916. The number of phenols is 2. The standard InChI is InChI=1S/C27H20N5O10S3.Cu.2Na/c1-44(36,37)32-22-5-3-2-4-21(22)29-31-26-24(43-42-41-35)13-16-6-8-17(14-20(16)27(26)34)28-30-25-19-10-9-18(45(38,39)40)12-15(19)7-11-23(25)33;;;/h2-14H,1H3,(H4-,28,29,30,31,32,33,34,35,38,39,40);;;/q-1;3*+1/p-2. The average Bonchev–Trinajstić information content (AvgIpc) is 2.98. The Morgan fingerprint density at radius 3 is 2.15 bits per heavy atom. The molecule has 0 saturated carbocycles. The predicted molar refractivity (Wildman–Crippen MR) is 160 cm³/mol. The van der Waals surface area contributed by atoms with Crippen molar-refractivity contribution in [3.8, 4) is 11.5 Å². The van der Waals surface area contributed by atoms with Gasteiger partial charge in [-0.15, -0.1) is 15.9 Å². The largest absolute Gasteiger partial charge is 1.00 e. The van der Waals surface area contributed by atoms with Gasteiger partial charge in [0.2, 0.25) is 0 Å². The maximum atomic E-state index is 11.7. The quantitative estimate of drug-likeness (QED) is 0.0490. The van der Waals surface area contributed by atoms with Crippen LogP contribution in [0.25, 0.3) is 26.3 Å². The Morgan fingerprint density at radius 2 is 1.46 bits per heavy atom. The Hall–Kier alpha value is -2.17. The number of hydrogen-bond donors (Lipinski definition) is 2. The van der Waals surface area contributed by atoms with Gasteiger partial charge in [0.05, 0.1) is 43.2 Å². The normalized spacial score (nSPS) is 11.7. The summed E-state index contributed by atoms with van der Waals surface area (Å²) in [6, 6.07) is 18.4. The van der Waals surface area contributed by atoms with E-state index in [9.17, 15) is 36.9 Å². The summed E-state index contributed by atoms with van der Waals surface area (Å²) in [5.41, 5.74) is 0.122. The van der Waals surface area contributed by atoms with Crippen molar-refractivity contribution in [2.24, 2.45) is 20.5 Å². The second-order valence-electron chi connectivity index (χ2n) is 9.18. The summed E-state index contributed by atoms with van der Waals surface area (Å²) in [6.45, 7) is 0. The Kier molecular flexibility index (Phi) is 15.5. The second kappa shape index (κ2) is 17.7. The van der Waals surface area contributed by atoms with Crippen LogP contribution in [0.5, 0.6) is 11.5 Å². The Bertz CT molecular complexity index is 2250. The number of nitrogens with zero attached hydrogens (tertiary/aromatic N) is 5. The van der Waals surface area contributed by atoms with E-state index in [0.29, 0.717) is 28.2 Å². The minimum atomic E-state index is -4.70. The molecule has 0 spiro atoms. The molecule has 2 N–H and O–H groups in total. The van der Waals surface area contributed by atoms with Crippen LogP contribution in [-0.4, -0.2) is 37.9 Å². The Balaban J connectivity index is 0.00000267. The van der Waals surface area contributed by atoms with Crippen LogP contribution in [0.1, 0.15) is 0 Å². The molecular weight excluding hydrogens is 760 g/mol. The smallest absolute Gasteiger partial charge is 0.744 e. The predicted octanol–water partition coefficient (Wildman–Crippen LogP) is 0.340. The molecule has 0 radical (unpaired) electrons. The van der Waals surface area contributed by atoms with Gasteiger partial charge in [0.15, 0.2) is 5.75 Å². The number of hydrogen-bond acceptors (Lipinski definition) is 15. The number of phenolic OH excluding ortho intramolecular Hbond substituents is 2. The molecular formula is C27H18CuN5Na2O10S3. The molecule has 0 aromatic heterocycles. The zero-order valence-electron chi connectivity index (χ0n) is 24.9. The van der Waals surface area contributed by atoms with Gasteiger partial charge >= 0.3 is 76.2 Å². The fourth-order valence-corrected chi connectivity index (χ4v) is 5.67. The van der Waals surface area contributed by atoms with Crippen molar-refractivity contribution in [1.82, 2.24) is 0 Å². The van der Waals surface area contributed by atoms with E-state index in [4.69, 9.17) is 0 Å². The number of sulfonamides is 1. The summed E-state index contributed by atoms with van der Waals surface area (Å²) >= 11 is 0.448. The maximum Gasteiger partial charge on any atom is 1.00 e. The Morgan fingerprint density at radius 1 is 0.792 bits per heavy atom. The van der Waals surface area contributed by atoms with Crippen LogP contribution in [0.2, 0.25) is 0 Å². The number of fused-ring (bicyclic) bond motifs is 2. The molecule has 5 aromatic rings. The van der Waals surface area contributed by atoms with Crippen LogP contribution in [0, 0.1) is 0 Å². The average molecular weight is 778 g/mol. The van der Waals surface area contributed by atoms with Crippen LogP contribution < -0.4 is 64.4 Å². The SMILES string of the molecule is CS(=O)(=O)[N-]c1ccccc1N=Nc1c(SOO[O-])cc2ccc(N=Nc3c(O)ccc4cc(S(=O)(=O)[O-])ccc34)cc2c1O.[Cu+].[Na+].[Na+]. The van der Waals surface area contributed by atoms with E-state index in [2.05, 4.69) is 34.6 Å². The van der Waals surface area contributed by atoms with Crippen LogP contribution in [0.15, 0.2) is 109 Å². The van der Waals surface area contributed by atoms with Gasteiger partial charge in [0, 0.05) is 17.0 Å². The van der Waals surface area contributed by atoms with Gasteiger partial charge in [-0.05, 0) is 53.2 Å². The van der Waals surface area contributed by atoms with E-state index in [1.165, 1.54) is 42.5 Å². The first-order valence-corrected chi connectivity index (χ1v) is 16.3. The minimum Gasteiger partial charge on any atom is -0.744 e. The van der Waals surface area contributed by atoms with E-state index in [1.54, 1.807) is 24.3 Å². The maximum absolute atomic E-state index is 11.7. The van der Waals surface area contributed by atoms with Crippen molar-refractivity contribution in [3.63, 3.8) is 0 Å². The molecule has 0 aliphatic rings. The summed E-state index contributed by atoms with van der Waals surface area (Å²) in [7, 11) is -8.47. The summed E-state index contributed by atoms with van der Waals surface area (Å²) in [5.74, 6) is -0.678. The third-order valence-electron chi connectivity index (χ3n) is 6.09. The van der Waals surface area contributed by atoms with Crippen LogP contribution in [0.4, 0.5) is 28.4 Å². The number of azo groups is 2. The van der Waals surface area contributed by atoms with Gasteiger partial charge in [-0.2, -0.15) is 14.6 Å². The molecule has 5 aromatic carbocycles. The third kappa shape index (κ3) is 10.2. The molecule has 5 rings (SSSR count). The molecule has 0 atom stereocenters. The van der Waals surface area contributed by atoms with Gasteiger partial charge < -0.3 is 24.7 Å². The summed E-state index contributed by atoms with van der Waals surface area (Å²) < 4.78 is 65.7. The van der Waals surface area contributed by atoms with E-state index >= 15 is 0 Å². The van der Waals surface area contributed by atoms with Gasteiger partial charge in [-0.3, -0.25) is 5.04 Å². The first kappa shape index (κ1) is 42.0. The number of rotatable bonds is 10. The fourth-order valence-electron chi connectivity index (χ4n) is 4.16. The molecule has 0 bridgehead atoms. The molecule has 0 aliphatic carbocycles. The van der Waals surface area contributed by atoms with Crippen molar-refractivity contribution >= 4 is 82.2 Å². The number of benzene rings is 5. The topological polar surface area (TPSA) is 237 Å². The third-order valence-corrected chi connectivity index (χ3v) is 8.06. The van der Waals surface area contributed by atoms with E-state index in [0.717, 1.165) is 18.4 Å². The van der Waals surface area contributed by atoms with Crippen molar-refractivity contribution < 1.29 is 122 Å². The van der Waals surface area contributed by atoms with Gasteiger partial charge in [-0.25, -0.2) is 16.8 Å². The second-order valence-corrected chi connectivity index (χ2v) is 13.0. The first-order valence-electron chi connectivity index (χ1n) is 12.3. The Labute approximate surface area is 332 Å². The van der Waals surface area contributed by atoms with E-state index < -0.39 is 30.8 Å². The molecule has 0 heterocycles. The molecule has 242 valence electrons. The molecule has 48 heavy (non-hydrogen) atoms. The summed E-state index contributed by atoms with van der Waals surface area (Å²) in [4.78, 5) is -0.328. The van der Waals surface area contributed by atoms with Crippen LogP contribution in [0.3, 0.4) is 0 Å². The zero-order chi connectivity index (χ0) is 32.4. The van der Waals surface area contributed by atoms with Crippen molar-refractivity contribution in [2.75, 3.05) is 6.26 Å². The van der Waals surface area contributed by atoms with Gasteiger partial charge in [0.25, 0.3) is 0 Å². The molecule has 0 unspecified atom stereocenters. The van der Waals surface area contributed by atoms with Crippen LogP contribution in [-0.2, 0) is 46.6 Å². The van der Waals surface area contributed by atoms with Crippen LogP contribution >= 0.6 is 12.0 Å². The first-order chi connectivity index (χ1) is 21.3. The molecule has 15 nitrogen and oxygen atoms in total. The molecule has 0 saturated heterocycles. The van der Waals surface area contributed by atoms with Gasteiger partial charge in [0.1, 0.15) is 27.2 Å². The molecule has 21 heteroatoms. The minimum absolute atomic E-state index is 0. The zero-order valence-corrected chi connectivity index (χ0v) is 32.3. The molecule has 0 fully saturated rings. The molecule has 0 aliphatic heterocycles. The number of aromatic hydroxyl groups is 2. The van der Waals surface area contributed by atoms with Crippen molar-refractivity contribution in [1.29, 1.82) is 0 Å². The van der Waals surface area contributed by atoms with Crippen molar-refractivity contribution in [2.45, 2.75) is 9.79 Å². The fraction of sp³-hybridized carbons (Fsp3) is 0.0370.